The van der Waals surface area contributed by atoms with E-state index in [1.54, 1.807) is 7.11 Å². The summed E-state index contributed by atoms with van der Waals surface area (Å²) in [5.74, 6) is 1.89. The fourth-order valence-corrected chi connectivity index (χ4v) is 5.62. The van der Waals surface area contributed by atoms with Crippen molar-refractivity contribution in [3.63, 3.8) is 0 Å². The summed E-state index contributed by atoms with van der Waals surface area (Å²) < 4.78 is 5.35. The molecule has 2 N–H and O–H groups in total. The molecule has 0 spiro atoms. The van der Waals surface area contributed by atoms with Crippen LogP contribution in [0.2, 0.25) is 0 Å². The second-order valence-corrected chi connectivity index (χ2v) is 9.14. The van der Waals surface area contributed by atoms with Crippen LogP contribution in [0, 0.1) is 5.92 Å². The van der Waals surface area contributed by atoms with Crippen molar-refractivity contribution in [1.82, 2.24) is 14.9 Å². The Morgan fingerprint density at radius 3 is 2.90 bits per heavy atom. The van der Waals surface area contributed by atoms with E-state index in [1.807, 2.05) is 12.3 Å². The average molecular weight is 425 g/mol. The topological polar surface area (TPSA) is 82.0 Å². The van der Waals surface area contributed by atoms with E-state index in [-0.39, 0.29) is 13.2 Å². The van der Waals surface area contributed by atoms with Gasteiger partial charge in [-0.05, 0) is 49.3 Å². The smallest absolute Gasteiger partial charge is 0.225 e. The van der Waals surface area contributed by atoms with Gasteiger partial charge in [0.05, 0.1) is 19.4 Å². The molecule has 0 amide bonds. The number of methoxy groups -OCH3 is 1. The Morgan fingerprint density at radius 1 is 1.19 bits per heavy atom. The van der Waals surface area contributed by atoms with Gasteiger partial charge in [-0.25, -0.2) is 9.97 Å². The highest BCUT2D eigenvalue weighted by Gasteiger charge is 2.41. The molecule has 3 aliphatic rings. The number of ether oxygens (including phenoxy) is 1. The van der Waals surface area contributed by atoms with Gasteiger partial charge in [-0.3, -0.25) is 4.90 Å². The molecule has 7 heteroatoms. The molecule has 3 aliphatic heterocycles. The zero-order chi connectivity index (χ0) is 21.4. The van der Waals surface area contributed by atoms with Crippen LogP contribution in [-0.2, 0) is 19.6 Å². The number of fused-ring (bicyclic) bond motifs is 4. The summed E-state index contributed by atoms with van der Waals surface area (Å²) >= 11 is 0. The lowest BCUT2D eigenvalue weighted by atomic mass is 9.97. The van der Waals surface area contributed by atoms with Gasteiger partial charge in [0.2, 0.25) is 5.95 Å². The molecule has 7 nitrogen and oxygen atoms in total. The SMILES string of the molecule is COc1ccc(CN2[C@H]3CC[C@H]2c2cnc(N4CCC[C@H](CO)C4)nc2C3)cc1CO. The van der Waals surface area contributed by atoms with Gasteiger partial charge in [-0.1, -0.05) is 6.07 Å². The van der Waals surface area contributed by atoms with Crippen molar-refractivity contribution < 1.29 is 14.9 Å². The van der Waals surface area contributed by atoms with Gasteiger partial charge in [0.1, 0.15) is 5.75 Å². The molecular formula is C24H32N4O3. The van der Waals surface area contributed by atoms with Crippen molar-refractivity contribution in [3.8, 4) is 5.75 Å². The number of hydrogen-bond acceptors (Lipinski definition) is 7. The van der Waals surface area contributed by atoms with Crippen molar-refractivity contribution in [2.75, 3.05) is 31.7 Å². The minimum absolute atomic E-state index is 0.0169. The summed E-state index contributed by atoms with van der Waals surface area (Å²) in [6, 6.07) is 6.95. The van der Waals surface area contributed by atoms with Crippen molar-refractivity contribution >= 4 is 5.95 Å². The van der Waals surface area contributed by atoms with Gasteiger partial charge in [0, 0.05) is 62.1 Å². The maximum Gasteiger partial charge on any atom is 0.225 e. The maximum absolute atomic E-state index is 9.66. The number of nitrogens with zero attached hydrogens (tertiary/aromatic N) is 4. The molecule has 3 atom stereocenters. The number of aliphatic hydroxyl groups excluding tert-OH is 2. The first-order valence-electron chi connectivity index (χ1n) is 11.4. The van der Waals surface area contributed by atoms with Crippen LogP contribution in [0.25, 0.3) is 0 Å². The highest BCUT2D eigenvalue weighted by Crippen LogP contribution is 2.44. The predicted octanol–water partition coefficient (Wildman–Crippen LogP) is 2.45. The van der Waals surface area contributed by atoms with Gasteiger partial charge in [-0.2, -0.15) is 0 Å². The molecular weight excluding hydrogens is 392 g/mol. The minimum atomic E-state index is -0.0169. The van der Waals surface area contributed by atoms with Gasteiger partial charge in [0.15, 0.2) is 0 Å². The van der Waals surface area contributed by atoms with Gasteiger partial charge >= 0.3 is 0 Å². The molecule has 0 aliphatic carbocycles. The summed E-state index contributed by atoms with van der Waals surface area (Å²) in [4.78, 5) is 14.6. The third-order valence-corrected chi connectivity index (χ3v) is 7.26. The zero-order valence-electron chi connectivity index (χ0n) is 18.2. The molecule has 1 aromatic carbocycles. The van der Waals surface area contributed by atoms with E-state index in [4.69, 9.17) is 14.7 Å². The molecule has 2 bridgehead atoms. The van der Waals surface area contributed by atoms with Crippen LogP contribution in [0.4, 0.5) is 5.95 Å². The number of anilines is 1. The van der Waals surface area contributed by atoms with E-state index >= 15 is 0 Å². The minimum Gasteiger partial charge on any atom is -0.496 e. The van der Waals surface area contributed by atoms with Gasteiger partial charge in [-0.15, -0.1) is 0 Å². The largest absolute Gasteiger partial charge is 0.496 e. The van der Waals surface area contributed by atoms with Gasteiger partial charge < -0.3 is 19.8 Å². The monoisotopic (exact) mass is 424 g/mol. The van der Waals surface area contributed by atoms with Crippen molar-refractivity contribution in [3.05, 3.63) is 46.8 Å². The van der Waals surface area contributed by atoms with Crippen molar-refractivity contribution in [2.45, 2.75) is 57.3 Å². The summed E-state index contributed by atoms with van der Waals surface area (Å²) in [6.45, 7) is 2.90. The standard InChI is InChI=1S/C24H32N4O3/c1-31-23-7-4-16(9-18(23)15-30)13-28-19-5-6-22(28)20-11-25-24(26-21(20)10-19)27-8-2-3-17(12-27)14-29/h4,7,9,11,17,19,22,29-30H,2-3,5-6,8,10,12-15H2,1H3/t17-,19-,22-/m0/s1. The Morgan fingerprint density at radius 2 is 2.10 bits per heavy atom. The van der Waals surface area contributed by atoms with Crippen LogP contribution in [0.3, 0.4) is 0 Å². The molecule has 2 fully saturated rings. The first kappa shape index (κ1) is 20.7. The number of hydrogen-bond donors (Lipinski definition) is 2. The number of aliphatic hydroxyl groups is 2. The van der Waals surface area contributed by atoms with Crippen LogP contribution < -0.4 is 9.64 Å². The molecule has 5 rings (SSSR count). The number of piperidine rings is 1. The van der Waals surface area contributed by atoms with E-state index in [9.17, 15) is 10.2 Å². The van der Waals surface area contributed by atoms with E-state index in [1.165, 1.54) is 23.2 Å². The third-order valence-electron chi connectivity index (χ3n) is 7.26. The van der Waals surface area contributed by atoms with E-state index < -0.39 is 0 Å². The van der Waals surface area contributed by atoms with Crippen LogP contribution in [-0.4, -0.2) is 57.9 Å². The molecule has 0 radical (unpaired) electrons. The quantitative estimate of drug-likeness (QED) is 0.737. The van der Waals surface area contributed by atoms with Gasteiger partial charge in [0.25, 0.3) is 0 Å². The average Bonchev–Trinajstić information content (AvgIpc) is 3.09. The van der Waals surface area contributed by atoms with Crippen molar-refractivity contribution in [2.24, 2.45) is 5.92 Å². The highest BCUT2D eigenvalue weighted by molar-refractivity contribution is 5.39. The van der Waals surface area contributed by atoms with Crippen molar-refractivity contribution in [1.29, 1.82) is 0 Å². The Bertz CT molecular complexity index is 937. The Balaban J connectivity index is 1.35. The predicted molar refractivity (Wildman–Crippen MR) is 118 cm³/mol. The number of rotatable bonds is 6. The second-order valence-electron chi connectivity index (χ2n) is 9.14. The number of benzene rings is 1. The third kappa shape index (κ3) is 3.90. The fourth-order valence-electron chi connectivity index (χ4n) is 5.62. The molecule has 31 heavy (non-hydrogen) atoms. The van der Waals surface area contributed by atoms with E-state index in [0.29, 0.717) is 18.0 Å². The lowest BCUT2D eigenvalue weighted by Gasteiger charge is -2.37. The van der Waals surface area contributed by atoms with E-state index in [0.717, 1.165) is 62.6 Å². The first-order chi connectivity index (χ1) is 15.2. The molecule has 0 saturated carbocycles. The Hall–Kier alpha value is -2.22. The lowest BCUT2D eigenvalue weighted by Crippen LogP contribution is -2.40. The summed E-state index contributed by atoms with van der Waals surface area (Å²) in [7, 11) is 1.64. The Kier molecular flexibility index (Phi) is 5.82. The summed E-state index contributed by atoms with van der Waals surface area (Å²) in [5.41, 5.74) is 4.50. The van der Waals surface area contributed by atoms with Crippen LogP contribution in [0.5, 0.6) is 5.75 Å². The molecule has 166 valence electrons. The van der Waals surface area contributed by atoms with Crippen LogP contribution in [0.15, 0.2) is 24.4 Å². The number of aromatic nitrogens is 2. The van der Waals surface area contributed by atoms with E-state index in [2.05, 4.69) is 21.9 Å². The highest BCUT2D eigenvalue weighted by atomic mass is 16.5. The molecule has 2 saturated heterocycles. The van der Waals surface area contributed by atoms with Crippen LogP contribution >= 0.6 is 0 Å². The lowest BCUT2D eigenvalue weighted by molar-refractivity contribution is 0.166. The normalized spacial score (nSPS) is 25.5. The summed E-state index contributed by atoms with van der Waals surface area (Å²) in [6.07, 6.45) is 7.49. The molecule has 2 aromatic rings. The zero-order valence-corrected chi connectivity index (χ0v) is 18.2. The second kappa shape index (κ2) is 8.73. The summed E-state index contributed by atoms with van der Waals surface area (Å²) in [5, 5.41) is 19.2. The molecule has 4 heterocycles. The van der Waals surface area contributed by atoms with Crippen LogP contribution in [0.1, 0.15) is 54.1 Å². The Labute approximate surface area is 183 Å². The molecule has 1 aromatic heterocycles. The maximum atomic E-state index is 9.66. The first-order valence-corrected chi connectivity index (χ1v) is 11.4. The fraction of sp³-hybridized carbons (Fsp3) is 0.583. The molecule has 0 unspecified atom stereocenters.